The summed E-state index contributed by atoms with van der Waals surface area (Å²) in [5.41, 5.74) is 0. The first-order chi connectivity index (χ1) is 6.42. The molecular weight excluding hydrogens is 188 g/mol. The van der Waals surface area contributed by atoms with Gasteiger partial charge in [-0.3, -0.25) is 4.79 Å². The Kier molecular flexibility index (Phi) is 3.59. The van der Waals surface area contributed by atoms with Gasteiger partial charge < -0.3 is 4.90 Å². The highest BCUT2D eigenvalue weighted by molar-refractivity contribution is 5.82. The molecule has 1 heterocycles. The lowest BCUT2D eigenvalue weighted by atomic mass is 9.90. The van der Waals surface area contributed by atoms with E-state index < -0.39 is 11.7 Å². The summed E-state index contributed by atoms with van der Waals surface area (Å²) in [6.07, 6.45) is 1.29. The highest BCUT2D eigenvalue weighted by Gasteiger charge is 2.38. The molecule has 82 valence electrons. The monoisotopic (exact) mass is 205 g/mol. The summed E-state index contributed by atoms with van der Waals surface area (Å²) < 4.78 is 26.1. The molecule has 0 spiro atoms. The van der Waals surface area contributed by atoms with Crippen molar-refractivity contribution in [1.82, 2.24) is 4.90 Å². The highest BCUT2D eigenvalue weighted by atomic mass is 19.3. The van der Waals surface area contributed by atoms with Gasteiger partial charge in [-0.05, 0) is 38.9 Å². The topological polar surface area (TPSA) is 20.3 Å². The number of nitrogens with zero attached hydrogens (tertiary/aromatic N) is 1. The van der Waals surface area contributed by atoms with Gasteiger partial charge in [0.25, 0.3) is 0 Å². The second-order valence-electron chi connectivity index (χ2n) is 4.21. The zero-order chi connectivity index (χ0) is 10.8. The van der Waals surface area contributed by atoms with Crippen molar-refractivity contribution < 1.29 is 13.6 Å². The quantitative estimate of drug-likeness (QED) is 0.701. The van der Waals surface area contributed by atoms with E-state index in [9.17, 15) is 13.6 Å². The summed E-state index contributed by atoms with van der Waals surface area (Å²) in [5.74, 6) is -4.11. The van der Waals surface area contributed by atoms with Crippen molar-refractivity contribution >= 4 is 5.78 Å². The Morgan fingerprint density at radius 2 is 1.93 bits per heavy atom. The van der Waals surface area contributed by atoms with Crippen molar-refractivity contribution in [2.75, 3.05) is 20.1 Å². The van der Waals surface area contributed by atoms with Crippen LogP contribution in [-0.2, 0) is 4.79 Å². The van der Waals surface area contributed by atoms with Crippen LogP contribution in [0.5, 0.6) is 0 Å². The number of piperidine rings is 1. The zero-order valence-electron chi connectivity index (χ0n) is 8.72. The third-order valence-electron chi connectivity index (χ3n) is 2.90. The summed E-state index contributed by atoms with van der Waals surface area (Å²) in [4.78, 5) is 12.8. The maximum Gasteiger partial charge on any atom is 0.305 e. The zero-order valence-corrected chi connectivity index (χ0v) is 8.72. The lowest BCUT2D eigenvalue weighted by molar-refractivity contribution is -0.143. The molecule has 14 heavy (non-hydrogen) atoms. The number of ketones is 1. The van der Waals surface area contributed by atoms with E-state index >= 15 is 0 Å². The first kappa shape index (κ1) is 11.6. The Morgan fingerprint density at radius 3 is 2.36 bits per heavy atom. The molecule has 0 atom stereocenters. The number of halogens is 2. The molecule has 0 radical (unpaired) electrons. The number of carbonyl (C=O) groups is 1. The number of hydrogen-bond acceptors (Lipinski definition) is 2. The minimum atomic E-state index is -3.11. The molecular formula is C10H17F2NO. The van der Waals surface area contributed by atoms with Crippen LogP contribution < -0.4 is 0 Å². The van der Waals surface area contributed by atoms with Crippen molar-refractivity contribution in [2.24, 2.45) is 5.92 Å². The van der Waals surface area contributed by atoms with Crippen LogP contribution in [0, 0.1) is 5.92 Å². The van der Waals surface area contributed by atoms with Gasteiger partial charge in [-0.1, -0.05) is 0 Å². The van der Waals surface area contributed by atoms with E-state index in [0.29, 0.717) is 0 Å². The van der Waals surface area contributed by atoms with E-state index in [4.69, 9.17) is 0 Å². The second-order valence-corrected chi connectivity index (χ2v) is 4.21. The summed E-state index contributed by atoms with van der Waals surface area (Å²) in [5, 5.41) is 0. The fourth-order valence-electron chi connectivity index (χ4n) is 1.77. The number of rotatable bonds is 3. The van der Waals surface area contributed by atoms with Crippen LogP contribution in [0.15, 0.2) is 0 Å². The lowest BCUT2D eigenvalue weighted by Crippen LogP contribution is -2.35. The first-order valence-electron chi connectivity index (χ1n) is 4.99. The third-order valence-corrected chi connectivity index (χ3v) is 2.90. The van der Waals surface area contributed by atoms with Gasteiger partial charge in [0.15, 0.2) is 5.78 Å². The number of Topliss-reactive ketones (excluding diaryl/α,β-unsaturated/α-hetero) is 1. The fraction of sp³-hybridized carbons (Fsp3) is 0.900. The van der Waals surface area contributed by atoms with Crippen molar-refractivity contribution in [1.29, 1.82) is 0 Å². The van der Waals surface area contributed by atoms with Gasteiger partial charge in [-0.25, -0.2) is 0 Å². The molecule has 1 rings (SSSR count). The smallest absolute Gasteiger partial charge is 0.305 e. The van der Waals surface area contributed by atoms with E-state index in [1.165, 1.54) is 0 Å². The summed E-state index contributed by atoms with van der Waals surface area (Å²) in [7, 11) is 1.99. The SMILES string of the molecule is CC(=O)C(F)(F)CC1CCN(C)CC1. The average Bonchev–Trinajstić information content (AvgIpc) is 2.08. The average molecular weight is 205 g/mol. The molecule has 0 unspecified atom stereocenters. The molecule has 2 nitrogen and oxygen atoms in total. The molecule has 0 saturated carbocycles. The molecule has 0 bridgehead atoms. The number of hydrogen-bond donors (Lipinski definition) is 0. The molecule has 1 aliphatic heterocycles. The lowest BCUT2D eigenvalue weighted by Gasteiger charge is -2.30. The fourth-order valence-corrected chi connectivity index (χ4v) is 1.77. The van der Waals surface area contributed by atoms with Crippen molar-refractivity contribution in [3.8, 4) is 0 Å². The van der Waals surface area contributed by atoms with Gasteiger partial charge in [0.05, 0.1) is 0 Å². The summed E-state index contributed by atoms with van der Waals surface area (Å²) >= 11 is 0. The Morgan fingerprint density at radius 1 is 1.43 bits per heavy atom. The van der Waals surface area contributed by atoms with E-state index in [2.05, 4.69) is 4.90 Å². The maximum atomic E-state index is 13.1. The maximum absolute atomic E-state index is 13.1. The molecule has 0 aliphatic carbocycles. The van der Waals surface area contributed by atoms with E-state index in [1.807, 2.05) is 7.05 Å². The van der Waals surface area contributed by atoms with Crippen LogP contribution in [0.2, 0.25) is 0 Å². The minimum absolute atomic E-state index is 0.00472. The van der Waals surface area contributed by atoms with Crippen LogP contribution in [0.3, 0.4) is 0 Å². The summed E-state index contributed by atoms with van der Waals surface area (Å²) in [6, 6.07) is 0. The van der Waals surface area contributed by atoms with E-state index in [0.717, 1.165) is 32.9 Å². The molecule has 1 fully saturated rings. The normalized spacial score (nSPS) is 21.1. The van der Waals surface area contributed by atoms with Gasteiger partial charge >= 0.3 is 5.92 Å². The Balaban J connectivity index is 2.41. The van der Waals surface area contributed by atoms with Crippen LogP contribution >= 0.6 is 0 Å². The van der Waals surface area contributed by atoms with Gasteiger partial charge in [0.2, 0.25) is 0 Å². The van der Waals surface area contributed by atoms with Gasteiger partial charge in [-0.15, -0.1) is 0 Å². The van der Waals surface area contributed by atoms with Crippen molar-refractivity contribution in [3.63, 3.8) is 0 Å². The highest BCUT2D eigenvalue weighted by Crippen LogP contribution is 2.30. The Hall–Kier alpha value is -0.510. The van der Waals surface area contributed by atoms with Crippen LogP contribution in [0.4, 0.5) is 8.78 Å². The number of likely N-dealkylation sites (tertiary alicyclic amines) is 1. The van der Waals surface area contributed by atoms with Crippen LogP contribution in [0.1, 0.15) is 26.2 Å². The Bertz CT molecular complexity index is 210. The second kappa shape index (κ2) is 4.34. The molecule has 4 heteroatoms. The molecule has 1 aliphatic rings. The predicted molar refractivity (Wildman–Crippen MR) is 50.5 cm³/mol. The van der Waals surface area contributed by atoms with E-state index in [-0.39, 0.29) is 12.3 Å². The van der Waals surface area contributed by atoms with Crippen molar-refractivity contribution in [2.45, 2.75) is 32.1 Å². The van der Waals surface area contributed by atoms with Gasteiger partial charge in [0, 0.05) is 13.3 Å². The minimum Gasteiger partial charge on any atom is -0.306 e. The molecule has 0 amide bonds. The molecule has 0 aromatic heterocycles. The molecule has 0 N–H and O–H groups in total. The number of alkyl halides is 2. The number of carbonyl (C=O) groups excluding carboxylic acids is 1. The third kappa shape index (κ3) is 3.01. The van der Waals surface area contributed by atoms with Crippen molar-refractivity contribution in [3.05, 3.63) is 0 Å². The molecule has 1 saturated heterocycles. The first-order valence-corrected chi connectivity index (χ1v) is 4.99. The molecule has 0 aromatic rings. The van der Waals surface area contributed by atoms with Crippen LogP contribution in [-0.4, -0.2) is 36.7 Å². The van der Waals surface area contributed by atoms with E-state index in [1.54, 1.807) is 0 Å². The predicted octanol–water partition coefficient (Wildman–Crippen LogP) is 1.94. The van der Waals surface area contributed by atoms with Gasteiger partial charge in [0.1, 0.15) is 0 Å². The van der Waals surface area contributed by atoms with Crippen LogP contribution in [0.25, 0.3) is 0 Å². The standard InChI is InChI=1S/C10H17F2NO/c1-8(14)10(11,12)7-9-3-5-13(2)6-4-9/h9H,3-7H2,1-2H3. The molecule has 0 aromatic carbocycles. The Labute approximate surface area is 83.3 Å². The van der Waals surface area contributed by atoms with Gasteiger partial charge in [-0.2, -0.15) is 8.78 Å². The largest absolute Gasteiger partial charge is 0.306 e. The summed E-state index contributed by atoms with van der Waals surface area (Å²) in [6.45, 7) is 2.69.